The molecule has 1 aromatic heterocycles. The molecule has 1 amide bonds. The van der Waals surface area contributed by atoms with Crippen LogP contribution in [0.5, 0.6) is 11.5 Å². The molecule has 1 aliphatic rings. The van der Waals surface area contributed by atoms with Crippen molar-refractivity contribution in [2.75, 3.05) is 6.79 Å². The molecule has 0 atom stereocenters. The molecular weight excluding hydrogens is 280 g/mol. The normalized spacial score (nSPS) is 13.2. The van der Waals surface area contributed by atoms with Crippen molar-refractivity contribution in [2.45, 2.75) is 32.9 Å². The van der Waals surface area contributed by atoms with Crippen molar-refractivity contribution in [3.05, 3.63) is 47.8 Å². The Labute approximate surface area is 129 Å². The van der Waals surface area contributed by atoms with Crippen LogP contribution in [-0.2, 0) is 12.1 Å². The molecule has 0 saturated carbocycles. The van der Waals surface area contributed by atoms with Crippen LogP contribution in [0.2, 0.25) is 0 Å². The summed E-state index contributed by atoms with van der Waals surface area (Å²) >= 11 is 0. The average Bonchev–Trinajstić information content (AvgIpc) is 3.12. The standard InChI is InChI=1S/C17H20N2O3/c1-17(2,3)19-7-6-13(10-19)16(20)18-9-12-4-5-14-15(8-12)22-11-21-14/h4-8,10H,9,11H2,1-3H3,(H,18,20). The summed E-state index contributed by atoms with van der Waals surface area (Å²) in [4.78, 5) is 12.2. The summed E-state index contributed by atoms with van der Waals surface area (Å²) in [5.41, 5.74) is 1.61. The molecule has 22 heavy (non-hydrogen) atoms. The van der Waals surface area contributed by atoms with Crippen molar-refractivity contribution in [1.82, 2.24) is 9.88 Å². The van der Waals surface area contributed by atoms with E-state index in [0.29, 0.717) is 12.1 Å². The molecule has 116 valence electrons. The summed E-state index contributed by atoms with van der Waals surface area (Å²) < 4.78 is 12.6. The number of aromatic nitrogens is 1. The van der Waals surface area contributed by atoms with Crippen LogP contribution < -0.4 is 14.8 Å². The number of benzene rings is 1. The van der Waals surface area contributed by atoms with Crippen LogP contribution in [0, 0.1) is 0 Å². The maximum Gasteiger partial charge on any atom is 0.253 e. The number of hydrogen-bond donors (Lipinski definition) is 1. The number of nitrogens with one attached hydrogen (secondary N) is 1. The van der Waals surface area contributed by atoms with E-state index in [1.165, 1.54) is 0 Å². The lowest BCUT2D eigenvalue weighted by atomic mass is 10.1. The van der Waals surface area contributed by atoms with Crippen molar-refractivity contribution in [1.29, 1.82) is 0 Å². The van der Waals surface area contributed by atoms with E-state index in [4.69, 9.17) is 9.47 Å². The lowest BCUT2D eigenvalue weighted by Crippen LogP contribution is -2.23. The van der Waals surface area contributed by atoms with Crippen LogP contribution in [0.1, 0.15) is 36.7 Å². The Bertz CT molecular complexity index is 698. The van der Waals surface area contributed by atoms with Gasteiger partial charge >= 0.3 is 0 Å². The summed E-state index contributed by atoms with van der Waals surface area (Å²) in [7, 11) is 0. The first kappa shape index (κ1) is 14.5. The molecule has 0 radical (unpaired) electrons. The van der Waals surface area contributed by atoms with E-state index in [2.05, 4.69) is 26.1 Å². The van der Waals surface area contributed by atoms with Gasteiger partial charge in [-0.25, -0.2) is 0 Å². The average molecular weight is 300 g/mol. The summed E-state index contributed by atoms with van der Waals surface area (Å²) in [5.74, 6) is 1.39. The van der Waals surface area contributed by atoms with Gasteiger partial charge in [-0.15, -0.1) is 0 Å². The Hall–Kier alpha value is -2.43. The third kappa shape index (κ3) is 2.93. The number of hydrogen-bond acceptors (Lipinski definition) is 3. The number of carbonyl (C=O) groups excluding carboxylic acids is 1. The highest BCUT2D eigenvalue weighted by molar-refractivity contribution is 5.94. The van der Waals surface area contributed by atoms with E-state index in [1.54, 1.807) is 0 Å². The number of nitrogens with zero attached hydrogens (tertiary/aromatic N) is 1. The van der Waals surface area contributed by atoms with Gasteiger partial charge in [0.2, 0.25) is 6.79 Å². The Balaban J connectivity index is 1.64. The predicted octanol–water partition coefficient (Wildman–Crippen LogP) is 2.90. The summed E-state index contributed by atoms with van der Waals surface area (Å²) in [6.45, 7) is 7.01. The number of fused-ring (bicyclic) bond motifs is 1. The largest absolute Gasteiger partial charge is 0.454 e. The molecule has 0 saturated heterocycles. The van der Waals surface area contributed by atoms with Crippen LogP contribution in [0.3, 0.4) is 0 Å². The predicted molar refractivity (Wildman–Crippen MR) is 83.2 cm³/mol. The van der Waals surface area contributed by atoms with Crippen LogP contribution in [0.4, 0.5) is 0 Å². The molecule has 5 nitrogen and oxygen atoms in total. The van der Waals surface area contributed by atoms with Gasteiger partial charge in [-0.05, 0) is 44.5 Å². The lowest BCUT2D eigenvalue weighted by molar-refractivity contribution is 0.0950. The van der Waals surface area contributed by atoms with Crippen molar-refractivity contribution >= 4 is 5.91 Å². The first-order chi connectivity index (χ1) is 10.4. The minimum atomic E-state index is -0.0827. The van der Waals surface area contributed by atoms with E-state index in [-0.39, 0.29) is 18.2 Å². The minimum Gasteiger partial charge on any atom is -0.454 e. The Morgan fingerprint density at radius 3 is 2.73 bits per heavy atom. The molecule has 0 aliphatic carbocycles. The molecule has 0 unspecified atom stereocenters. The maximum absolute atomic E-state index is 12.2. The number of ether oxygens (including phenoxy) is 2. The summed E-state index contributed by atoms with van der Waals surface area (Å²) in [5, 5.41) is 2.92. The second kappa shape index (κ2) is 5.40. The topological polar surface area (TPSA) is 52.5 Å². The second-order valence-electron chi connectivity index (χ2n) is 6.35. The smallest absolute Gasteiger partial charge is 0.253 e. The fourth-order valence-corrected chi connectivity index (χ4v) is 2.28. The monoisotopic (exact) mass is 300 g/mol. The zero-order valence-corrected chi connectivity index (χ0v) is 13.1. The van der Waals surface area contributed by atoms with Gasteiger partial charge in [0, 0.05) is 24.5 Å². The Kier molecular flexibility index (Phi) is 3.56. The van der Waals surface area contributed by atoms with Crippen LogP contribution >= 0.6 is 0 Å². The molecule has 1 N–H and O–H groups in total. The number of amides is 1. The van der Waals surface area contributed by atoms with Gasteiger partial charge in [0.25, 0.3) is 5.91 Å². The minimum absolute atomic E-state index is 0.0319. The lowest BCUT2D eigenvalue weighted by Gasteiger charge is -2.20. The molecule has 0 spiro atoms. The fourth-order valence-electron chi connectivity index (χ4n) is 2.28. The highest BCUT2D eigenvalue weighted by Crippen LogP contribution is 2.32. The third-order valence-electron chi connectivity index (χ3n) is 3.62. The Morgan fingerprint density at radius 2 is 2.00 bits per heavy atom. The third-order valence-corrected chi connectivity index (χ3v) is 3.62. The summed E-state index contributed by atoms with van der Waals surface area (Å²) in [6.07, 6.45) is 3.80. The van der Waals surface area contributed by atoms with Gasteiger partial charge in [0.05, 0.1) is 5.56 Å². The maximum atomic E-state index is 12.2. The molecule has 1 aliphatic heterocycles. The van der Waals surface area contributed by atoms with Gasteiger partial charge < -0.3 is 19.4 Å². The van der Waals surface area contributed by atoms with Crippen LogP contribution in [0.25, 0.3) is 0 Å². The van der Waals surface area contributed by atoms with E-state index in [9.17, 15) is 4.79 Å². The molecule has 2 aromatic rings. The van der Waals surface area contributed by atoms with Crippen molar-refractivity contribution < 1.29 is 14.3 Å². The molecule has 0 bridgehead atoms. The number of rotatable bonds is 3. The van der Waals surface area contributed by atoms with E-state index < -0.39 is 0 Å². The van der Waals surface area contributed by atoms with Crippen LogP contribution in [-0.4, -0.2) is 17.3 Å². The van der Waals surface area contributed by atoms with Gasteiger partial charge in [-0.3, -0.25) is 4.79 Å². The molecule has 3 rings (SSSR count). The van der Waals surface area contributed by atoms with Gasteiger partial charge in [-0.1, -0.05) is 6.07 Å². The molecule has 1 aromatic carbocycles. The molecule has 0 fully saturated rings. The number of carbonyl (C=O) groups is 1. The van der Waals surface area contributed by atoms with Crippen LogP contribution in [0.15, 0.2) is 36.7 Å². The second-order valence-corrected chi connectivity index (χ2v) is 6.35. The van der Waals surface area contributed by atoms with E-state index in [1.807, 2.05) is 41.2 Å². The summed E-state index contributed by atoms with van der Waals surface area (Å²) in [6, 6.07) is 7.51. The van der Waals surface area contributed by atoms with Crippen molar-refractivity contribution in [3.8, 4) is 11.5 Å². The van der Waals surface area contributed by atoms with Gasteiger partial charge in [0.1, 0.15) is 0 Å². The van der Waals surface area contributed by atoms with Crippen molar-refractivity contribution in [2.24, 2.45) is 0 Å². The first-order valence-corrected chi connectivity index (χ1v) is 7.29. The van der Waals surface area contributed by atoms with Gasteiger partial charge in [0.15, 0.2) is 11.5 Å². The van der Waals surface area contributed by atoms with E-state index in [0.717, 1.165) is 17.1 Å². The highest BCUT2D eigenvalue weighted by atomic mass is 16.7. The highest BCUT2D eigenvalue weighted by Gasteiger charge is 2.16. The zero-order valence-electron chi connectivity index (χ0n) is 13.1. The SMILES string of the molecule is CC(C)(C)n1ccc(C(=O)NCc2ccc3c(c2)OCO3)c1. The quantitative estimate of drug-likeness (QED) is 0.948. The molecule has 2 heterocycles. The molecule has 5 heteroatoms. The van der Waals surface area contributed by atoms with E-state index >= 15 is 0 Å². The van der Waals surface area contributed by atoms with Crippen molar-refractivity contribution in [3.63, 3.8) is 0 Å². The Morgan fingerprint density at radius 1 is 1.23 bits per heavy atom. The zero-order chi connectivity index (χ0) is 15.7. The first-order valence-electron chi connectivity index (χ1n) is 7.29. The fraction of sp³-hybridized carbons (Fsp3) is 0.353. The van der Waals surface area contributed by atoms with Gasteiger partial charge in [-0.2, -0.15) is 0 Å². The molecular formula is C17H20N2O3.